The van der Waals surface area contributed by atoms with Crippen LogP contribution in [0.15, 0.2) is 23.6 Å². The molecule has 0 bridgehead atoms. The van der Waals surface area contributed by atoms with Crippen LogP contribution in [0.2, 0.25) is 0 Å². The topological polar surface area (TPSA) is 38.9 Å². The van der Waals surface area contributed by atoms with Gasteiger partial charge in [-0.15, -0.1) is 11.3 Å². The molecular weight excluding hydrogens is 199 g/mol. The van der Waals surface area contributed by atoms with E-state index in [4.69, 9.17) is 5.73 Å². The Kier molecular flexibility index (Phi) is 2.21. The molecule has 0 aliphatic carbocycles. The average molecular weight is 208 g/mol. The summed E-state index contributed by atoms with van der Waals surface area (Å²) in [5, 5.41) is 2.33. The van der Waals surface area contributed by atoms with Gasteiger partial charge in [-0.2, -0.15) is 0 Å². The van der Waals surface area contributed by atoms with E-state index in [2.05, 4.69) is 4.98 Å². The van der Waals surface area contributed by atoms with E-state index < -0.39 is 0 Å². The van der Waals surface area contributed by atoms with Gasteiger partial charge in [-0.3, -0.25) is 0 Å². The van der Waals surface area contributed by atoms with Crippen molar-refractivity contribution in [1.82, 2.24) is 4.98 Å². The van der Waals surface area contributed by atoms with Crippen molar-refractivity contribution in [2.24, 2.45) is 0 Å². The van der Waals surface area contributed by atoms with Gasteiger partial charge in [0.15, 0.2) is 0 Å². The van der Waals surface area contributed by atoms with E-state index in [9.17, 15) is 4.39 Å². The first-order valence-corrected chi connectivity index (χ1v) is 5.02. The van der Waals surface area contributed by atoms with E-state index in [0.717, 1.165) is 5.56 Å². The minimum Gasteiger partial charge on any atom is -0.383 e. The molecule has 0 unspecified atom stereocenters. The summed E-state index contributed by atoms with van der Waals surface area (Å²) in [7, 11) is 0. The molecule has 0 spiro atoms. The minimum atomic E-state index is -0.251. The first kappa shape index (κ1) is 9.15. The molecule has 0 amide bonds. The predicted molar refractivity (Wildman–Crippen MR) is 56.7 cm³/mol. The molecule has 0 fully saturated rings. The van der Waals surface area contributed by atoms with Crippen LogP contribution in [-0.2, 0) is 0 Å². The van der Waals surface area contributed by atoms with Gasteiger partial charge in [0, 0.05) is 10.9 Å². The van der Waals surface area contributed by atoms with Crippen LogP contribution in [0.4, 0.5) is 10.2 Å². The quantitative estimate of drug-likeness (QED) is 0.782. The fourth-order valence-corrected chi connectivity index (χ4v) is 1.94. The second-order valence-electron chi connectivity index (χ2n) is 3.06. The number of aromatic nitrogens is 1. The smallest absolute Gasteiger partial charge is 0.135 e. The summed E-state index contributed by atoms with van der Waals surface area (Å²) in [6, 6.07) is 5.08. The lowest BCUT2D eigenvalue weighted by Crippen LogP contribution is -1.87. The average Bonchev–Trinajstić information content (AvgIpc) is 2.51. The number of hydrogen-bond donors (Lipinski definition) is 1. The summed E-state index contributed by atoms with van der Waals surface area (Å²) in [6.45, 7) is 1.85. The number of thiazole rings is 1. The van der Waals surface area contributed by atoms with Crippen LogP contribution >= 0.6 is 11.3 Å². The van der Waals surface area contributed by atoms with Crippen molar-refractivity contribution in [2.75, 3.05) is 5.73 Å². The zero-order valence-corrected chi connectivity index (χ0v) is 8.44. The number of aryl methyl sites for hydroxylation is 1. The highest BCUT2D eigenvalue weighted by Crippen LogP contribution is 2.27. The lowest BCUT2D eigenvalue weighted by molar-refractivity contribution is 0.630. The second kappa shape index (κ2) is 3.38. The summed E-state index contributed by atoms with van der Waals surface area (Å²) >= 11 is 1.35. The summed E-state index contributed by atoms with van der Waals surface area (Å²) in [5.74, 6) is 0.185. The van der Waals surface area contributed by atoms with Gasteiger partial charge in [-0.25, -0.2) is 9.37 Å². The maximum atomic E-state index is 13.5. The largest absolute Gasteiger partial charge is 0.383 e. The van der Waals surface area contributed by atoms with Crippen molar-refractivity contribution in [3.05, 3.63) is 35.0 Å². The number of halogens is 1. The van der Waals surface area contributed by atoms with Gasteiger partial charge in [0.25, 0.3) is 0 Å². The Morgan fingerprint density at radius 1 is 1.43 bits per heavy atom. The molecule has 2 aromatic rings. The van der Waals surface area contributed by atoms with Gasteiger partial charge in [0.1, 0.15) is 16.6 Å². The Bertz CT molecular complexity index is 465. The van der Waals surface area contributed by atoms with Crippen LogP contribution in [0.5, 0.6) is 0 Å². The van der Waals surface area contributed by atoms with Gasteiger partial charge in [0.05, 0.1) is 0 Å². The number of hydrogen-bond acceptors (Lipinski definition) is 3. The predicted octanol–water partition coefficient (Wildman–Crippen LogP) is 2.84. The highest BCUT2D eigenvalue weighted by Gasteiger charge is 2.08. The van der Waals surface area contributed by atoms with Crippen LogP contribution in [0.25, 0.3) is 10.6 Å². The molecule has 0 radical (unpaired) electrons. The molecule has 0 aliphatic rings. The van der Waals surface area contributed by atoms with E-state index in [0.29, 0.717) is 16.4 Å². The minimum absolute atomic E-state index is 0.251. The molecule has 0 saturated carbocycles. The lowest BCUT2D eigenvalue weighted by atomic mass is 10.1. The number of nitrogens with zero attached hydrogens (tertiary/aromatic N) is 1. The van der Waals surface area contributed by atoms with Crippen molar-refractivity contribution in [2.45, 2.75) is 6.92 Å². The van der Waals surface area contributed by atoms with Crippen molar-refractivity contribution < 1.29 is 4.39 Å². The van der Waals surface area contributed by atoms with E-state index in [-0.39, 0.29) is 5.82 Å². The molecule has 0 aliphatic heterocycles. The molecule has 1 heterocycles. The van der Waals surface area contributed by atoms with E-state index in [1.54, 1.807) is 11.4 Å². The Labute approximate surface area is 85.2 Å². The zero-order valence-electron chi connectivity index (χ0n) is 7.62. The molecule has 1 aromatic heterocycles. The summed E-state index contributed by atoms with van der Waals surface area (Å²) in [5.41, 5.74) is 6.88. The number of nitrogen functional groups attached to an aromatic ring is 1. The van der Waals surface area contributed by atoms with Crippen molar-refractivity contribution >= 4 is 17.2 Å². The van der Waals surface area contributed by atoms with Crippen LogP contribution in [0.3, 0.4) is 0 Å². The third-order valence-electron chi connectivity index (χ3n) is 1.88. The van der Waals surface area contributed by atoms with Gasteiger partial charge in [-0.05, 0) is 24.6 Å². The number of anilines is 1. The van der Waals surface area contributed by atoms with Crippen LogP contribution < -0.4 is 5.73 Å². The number of nitrogens with two attached hydrogens (primary N) is 1. The van der Waals surface area contributed by atoms with Gasteiger partial charge in [-0.1, -0.05) is 6.07 Å². The molecule has 0 atom stereocenters. The van der Waals surface area contributed by atoms with Crippen LogP contribution in [0, 0.1) is 12.7 Å². The van der Waals surface area contributed by atoms with E-state index >= 15 is 0 Å². The van der Waals surface area contributed by atoms with Crippen molar-refractivity contribution in [3.63, 3.8) is 0 Å². The molecular formula is C10H9FN2S. The fourth-order valence-electron chi connectivity index (χ4n) is 1.20. The molecule has 2 nitrogen and oxygen atoms in total. The standard InChI is InChI=1S/C10H9FN2S/c1-6-2-3-7(8(11)4-6)10-13-9(12)5-14-10/h2-5H,12H2,1H3. The zero-order chi connectivity index (χ0) is 10.1. The van der Waals surface area contributed by atoms with Crippen molar-refractivity contribution in [3.8, 4) is 10.6 Å². The number of benzene rings is 1. The molecule has 14 heavy (non-hydrogen) atoms. The Morgan fingerprint density at radius 2 is 2.21 bits per heavy atom. The summed E-state index contributed by atoms with van der Waals surface area (Å²) in [6.07, 6.45) is 0. The molecule has 4 heteroatoms. The summed E-state index contributed by atoms with van der Waals surface area (Å²) < 4.78 is 13.5. The maximum Gasteiger partial charge on any atom is 0.135 e. The third kappa shape index (κ3) is 1.61. The van der Waals surface area contributed by atoms with E-state index in [1.165, 1.54) is 17.4 Å². The van der Waals surface area contributed by atoms with E-state index in [1.807, 2.05) is 13.0 Å². The second-order valence-corrected chi connectivity index (χ2v) is 3.92. The van der Waals surface area contributed by atoms with Crippen LogP contribution in [-0.4, -0.2) is 4.98 Å². The monoisotopic (exact) mass is 208 g/mol. The summed E-state index contributed by atoms with van der Waals surface area (Å²) in [4.78, 5) is 4.03. The van der Waals surface area contributed by atoms with Crippen LogP contribution in [0.1, 0.15) is 5.56 Å². The molecule has 0 saturated heterocycles. The molecule has 1 aromatic carbocycles. The maximum absolute atomic E-state index is 13.5. The van der Waals surface area contributed by atoms with Gasteiger partial charge in [0.2, 0.25) is 0 Å². The molecule has 2 N–H and O–H groups in total. The first-order chi connectivity index (χ1) is 6.66. The number of rotatable bonds is 1. The lowest BCUT2D eigenvalue weighted by Gasteiger charge is -1.99. The SMILES string of the molecule is Cc1ccc(-c2nc(N)cs2)c(F)c1. The highest BCUT2D eigenvalue weighted by molar-refractivity contribution is 7.13. The Hall–Kier alpha value is -1.42. The van der Waals surface area contributed by atoms with Gasteiger partial charge >= 0.3 is 0 Å². The third-order valence-corrected chi connectivity index (χ3v) is 2.77. The normalized spacial score (nSPS) is 10.4. The highest BCUT2D eigenvalue weighted by atomic mass is 32.1. The molecule has 2 rings (SSSR count). The fraction of sp³-hybridized carbons (Fsp3) is 0.100. The Balaban J connectivity index is 2.52. The van der Waals surface area contributed by atoms with Crippen molar-refractivity contribution in [1.29, 1.82) is 0 Å². The van der Waals surface area contributed by atoms with Gasteiger partial charge < -0.3 is 5.73 Å². The Morgan fingerprint density at radius 3 is 2.79 bits per heavy atom. The first-order valence-electron chi connectivity index (χ1n) is 4.14. The molecule has 72 valence electrons.